The molecule has 4 atom stereocenters. The lowest BCUT2D eigenvalue weighted by Crippen LogP contribution is -2.44. The van der Waals surface area contributed by atoms with E-state index in [1.165, 1.54) is 18.4 Å². The van der Waals surface area contributed by atoms with Crippen LogP contribution in [0.2, 0.25) is 0 Å². The van der Waals surface area contributed by atoms with E-state index in [0.717, 1.165) is 5.75 Å². The molecular formula is C20H23NO. The van der Waals surface area contributed by atoms with Crippen LogP contribution in [0.3, 0.4) is 0 Å². The molecule has 0 aliphatic heterocycles. The molecule has 2 nitrogen and oxygen atoms in total. The standard InChI is InChI=1S/C20H23NO/c1-21-20-12-18-15-5-3-4-6-16(15)19(20)11-17(18)13-7-9-14(22-2)10-8-13/h3-10,17-21H,11-12H2,1-2H3. The predicted molar refractivity (Wildman–Crippen MR) is 89.7 cm³/mol. The molecule has 0 radical (unpaired) electrons. The van der Waals surface area contributed by atoms with Gasteiger partial charge in [-0.15, -0.1) is 0 Å². The first-order valence-corrected chi connectivity index (χ1v) is 8.22. The number of nitrogens with one attached hydrogen (secondary N) is 1. The van der Waals surface area contributed by atoms with Crippen LogP contribution in [-0.4, -0.2) is 20.2 Å². The van der Waals surface area contributed by atoms with Crippen molar-refractivity contribution in [1.82, 2.24) is 5.32 Å². The van der Waals surface area contributed by atoms with Crippen LogP contribution in [0.1, 0.15) is 47.3 Å². The Balaban J connectivity index is 1.73. The zero-order valence-electron chi connectivity index (χ0n) is 13.3. The van der Waals surface area contributed by atoms with Gasteiger partial charge in [0.2, 0.25) is 0 Å². The minimum atomic E-state index is 0.620. The Bertz CT molecular complexity index is 664. The van der Waals surface area contributed by atoms with Crippen molar-refractivity contribution >= 4 is 0 Å². The number of benzene rings is 2. The molecule has 5 rings (SSSR count). The quantitative estimate of drug-likeness (QED) is 0.922. The summed E-state index contributed by atoms with van der Waals surface area (Å²) >= 11 is 0. The Morgan fingerprint density at radius 1 is 0.864 bits per heavy atom. The van der Waals surface area contributed by atoms with Crippen molar-refractivity contribution in [1.29, 1.82) is 0 Å². The molecule has 0 saturated heterocycles. The SMILES string of the molecule is CNC1CC2c3ccccc3C1CC2c1ccc(OC)cc1. The van der Waals surface area contributed by atoms with E-state index in [2.05, 4.69) is 60.9 Å². The number of hydrogen-bond donors (Lipinski definition) is 1. The molecule has 4 unspecified atom stereocenters. The summed E-state index contributed by atoms with van der Waals surface area (Å²) in [5.41, 5.74) is 4.61. The van der Waals surface area contributed by atoms with Crippen LogP contribution in [0, 0.1) is 0 Å². The normalized spacial score (nSPS) is 29.2. The van der Waals surface area contributed by atoms with Crippen molar-refractivity contribution in [2.75, 3.05) is 14.2 Å². The molecule has 114 valence electrons. The molecule has 2 aromatic rings. The summed E-state index contributed by atoms with van der Waals surface area (Å²) in [7, 11) is 3.84. The van der Waals surface area contributed by atoms with Crippen LogP contribution in [0.4, 0.5) is 0 Å². The lowest BCUT2D eigenvalue weighted by Gasteiger charge is -2.48. The third kappa shape index (κ3) is 2.05. The first kappa shape index (κ1) is 13.8. The van der Waals surface area contributed by atoms with E-state index in [9.17, 15) is 0 Å². The number of ether oxygens (including phenoxy) is 1. The van der Waals surface area contributed by atoms with Crippen LogP contribution in [0.25, 0.3) is 0 Å². The van der Waals surface area contributed by atoms with Crippen LogP contribution in [-0.2, 0) is 0 Å². The lowest BCUT2D eigenvalue weighted by molar-refractivity contribution is 0.251. The highest BCUT2D eigenvalue weighted by atomic mass is 16.5. The number of methoxy groups -OCH3 is 1. The van der Waals surface area contributed by atoms with Crippen molar-refractivity contribution < 1.29 is 4.74 Å². The molecule has 2 bridgehead atoms. The fourth-order valence-electron chi connectivity index (χ4n) is 4.62. The Hall–Kier alpha value is -1.80. The zero-order valence-corrected chi connectivity index (χ0v) is 13.3. The maximum atomic E-state index is 5.30. The lowest BCUT2D eigenvalue weighted by atomic mass is 9.58. The predicted octanol–water partition coefficient (Wildman–Crippen LogP) is 4.04. The van der Waals surface area contributed by atoms with E-state index in [4.69, 9.17) is 4.74 Å². The van der Waals surface area contributed by atoms with Gasteiger partial charge in [0.15, 0.2) is 0 Å². The summed E-state index contributed by atoms with van der Waals surface area (Å²) in [6, 6.07) is 18.4. The minimum absolute atomic E-state index is 0.620. The number of hydrogen-bond acceptors (Lipinski definition) is 2. The van der Waals surface area contributed by atoms with E-state index in [0.29, 0.717) is 23.8 Å². The van der Waals surface area contributed by atoms with Gasteiger partial charge >= 0.3 is 0 Å². The first-order valence-electron chi connectivity index (χ1n) is 8.22. The molecule has 0 amide bonds. The van der Waals surface area contributed by atoms with Gasteiger partial charge in [0.25, 0.3) is 0 Å². The van der Waals surface area contributed by atoms with Crippen molar-refractivity contribution in [3.05, 3.63) is 65.2 Å². The van der Waals surface area contributed by atoms with Gasteiger partial charge in [0, 0.05) is 12.0 Å². The molecule has 2 heteroatoms. The molecule has 1 N–H and O–H groups in total. The van der Waals surface area contributed by atoms with Gasteiger partial charge in [0.05, 0.1) is 7.11 Å². The molecule has 22 heavy (non-hydrogen) atoms. The van der Waals surface area contributed by atoms with Crippen LogP contribution in [0.5, 0.6) is 5.75 Å². The van der Waals surface area contributed by atoms with Gasteiger partial charge in [0.1, 0.15) is 5.75 Å². The van der Waals surface area contributed by atoms with Gasteiger partial charge in [-0.1, -0.05) is 36.4 Å². The highest BCUT2D eigenvalue weighted by molar-refractivity contribution is 5.45. The summed E-state index contributed by atoms with van der Waals surface area (Å²) in [6.45, 7) is 0. The molecule has 3 aliphatic rings. The van der Waals surface area contributed by atoms with Crippen molar-refractivity contribution in [3.8, 4) is 5.75 Å². The summed E-state index contributed by atoms with van der Waals surface area (Å²) in [5.74, 6) is 2.85. The molecule has 3 aliphatic carbocycles. The van der Waals surface area contributed by atoms with Crippen molar-refractivity contribution in [2.24, 2.45) is 0 Å². The number of rotatable bonds is 3. The van der Waals surface area contributed by atoms with Crippen molar-refractivity contribution in [3.63, 3.8) is 0 Å². The Kier molecular flexibility index (Phi) is 3.42. The van der Waals surface area contributed by atoms with Crippen LogP contribution < -0.4 is 10.1 Å². The second kappa shape index (κ2) is 5.44. The maximum Gasteiger partial charge on any atom is 0.118 e. The summed E-state index contributed by atoms with van der Waals surface area (Å²) in [5, 5.41) is 3.55. The second-order valence-corrected chi connectivity index (χ2v) is 6.59. The minimum Gasteiger partial charge on any atom is -0.497 e. The van der Waals surface area contributed by atoms with E-state index >= 15 is 0 Å². The number of likely N-dealkylation sites (N-methyl/N-ethyl adjacent to an activating group) is 1. The Morgan fingerprint density at radius 2 is 1.55 bits per heavy atom. The topological polar surface area (TPSA) is 21.3 Å². The van der Waals surface area contributed by atoms with E-state index in [1.54, 1.807) is 18.2 Å². The summed E-state index contributed by atoms with van der Waals surface area (Å²) in [4.78, 5) is 0. The molecular weight excluding hydrogens is 270 g/mol. The number of fused-ring (bicyclic) bond motifs is 2. The molecule has 2 aromatic carbocycles. The van der Waals surface area contributed by atoms with Gasteiger partial charge in [-0.05, 0) is 60.5 Å². The maximum absolute atomic E-state index is 5.30. The monoisotopic (exact) mass is 293 g/mol. The average molecular weight is 293 g/mol. The largest absolute Gasteiger partial charge is 0.497 e. The third-order valence-electron chi connectivity index (χ3n) is 5.70. The highest BCUT2D eigenvalue weighted by Gasteiger charge is 2.44. The van der Waals surface area contributed by atoms with E-state index in [1.807, 2.05) is 0 Å². The summed E-state index contributed by atoms with van der Waals surface area (Å²) in [6.07, 6.45) is 2.49. The van der Waals surface area contributed by atoms with Crippen LogP contribution in [0.15, 0.2) is 48.5 Å². The second-order valence-electron chi connectivity index (χ2n) is 6.59. The first-order chi connectivity index (χ1) is 10.8. The van der Waals surface area contributed by atoms with E-state index in [-0.39, 0.29) is 0 Å². The Morgan fingerprint density at radius 3 is 2.18 bits per heavy atom. The smallest absolute Gasteiger partial charge is 0.118 e. The molecule has 1 fully saturated rings. The van der Waals surface area contributed by atoms with Gasteiger partial charge in [-0.3, -0.25) is 0 Å². The van der Waals surface area contributed by atoms with Gasteiger partial charge in [-0.25, -0.2) is 0 Å². The van der Waals surface area contributed by atoms with E-state index < -0.39 is 0 Å². The van der Waals surface area contributed by atoms with Gasteiger partial charge < -0.3 is 10.1 Å². The third-order valence-corrected chi connectivity index (χ3v) is 5.70. The zero-order chi connectivity index (χ0) is 15.1. The summed E-state index contributed by atoms with van der Waals surface area (Å²) < 4.78 is 5.30. The fraction of sp³-hybridized carbons (Fsp3) is 0.400. The molecule has 0 spiro atoms. The molecule has 0 aromatic heterocycles. The Labute approximate surface area is 132 Å². The molecule has 0 heterocycles. The van der Waals surface area contributed by atoms with Gasteiger partial charge in [-0.2, -0.15) is 0 Å². The van der Waals surface area contributed by atoms with Crippen LogP contribution >= 0.6 is 0 Å². The van der Waals surface area contributed by atoms with Crippen molar-refractivity contribution in [2.45, 2.75) is 36.6 Å². The highest BCUT2D eigenvalue weighted by Crippen LogP contribution is 2.56. The average Bonchev–Trinajstić information content (AvgIpc) is 2.61. The molecule has 1 saturated carbocycles. The fourth-order valence-corrected chi connectivity index (χ4v) is 4.62.